The molecule has 1 aliphatic rings. The third-order valence-corrected chi connectivity index (χ3v) is 4.90. The second kappa shape index (κ2) is 7.78. The SMILES string of the molecule is CC(C)C(O)C1CCN(c2nccc(-c3cc(C(=O)O)ccn3)n2)CC1. The lowest BCUT2D eigenvalue weighted by molar-refractivity contribution is 0.0525. The molecule has 1 aliphatic heterocycles. The molecule has 1 atom stereocenters. The lowest BCUT2D eigenvalue weighted by Crippen LogP contribution is -2.40. The average molecular weight is 356 g/mol. The number of aromatic carboxylic acids is 1. The van der Waals surface area contributed by atoms with Crippen LogP contribution in [0.25, 0.3) is 11.4 Å². The molecule has 26 heavy (non-hydrogen) atoms. The molecule has 7 heteroatoms. The Morgan fingerprint density at radius 3 is 2.50 bits per heavy atom. The van der Waals surface area contributed by atoms with Gasteiger partial charge in [0, 0.05) is 25.5 Å². The number of pyridine rings is 1. The molecule has 7 nitrogen and oxygen atoms in total. The van der Waals surface area contributed by atoms with Crippen molar-refractivity contribution in [3.05, 3.63) is 36.2 Å². The lowest BCUT2D eigenvalue weighted by Gasteiger charge is -2.35. The molecule has 3 heterocycles. The zero-order valence-corrected chi connectivity index (χ0v) is 15.0. The standard InChI is InChI=1S/C19H24N4O3/c1-12(2)17(24)13-5-9-23(10-6-13)19-21-8-4-15(22-19)16-11-14(18(25)26)3-7-20-16/h3-4,7-8,11-13,17,24H,5-6,9-10H2,1-2H3,(H,25,26). The maximum Gasteiger partial charge on any atom is 0.335 e. The summed E-state index contributed by atoms with van der Waals surface area (Å²) >= 11 is 0. The molecule has 0 radical (unpaired) electrons. The average Bonchev–Trinajstić information content (AvgIpc) is 2.67. The van der Waals surface area contributed by atoms with Gasteiger partial charge in [0.25, 0.3) is 0 Å². The van der Waals surface area contributed by atoms with Gasteiger partial charge in [0.2, 0.25) is 5.95 Å². The van der Waals surface area contributed by atoms with Crippen molar-refractivity contribution < 1.29 is 15.0 Å². The molecule has 0 bridgehead atoms. The summed E-state index contributed by atoms with van der Waals surface area (Å²) in [6.07, 6.45) is 4.67. The molecule has 1 unspecified atom stereocenters. The van der Waals surface area contributed by atoms with Crippen molar-refractivity contribution >= 4 is 11.9 Å². The van der Waals surface area contributed by atoms with E-state index in [0.29, 0.717) is 23.3 Å². The van der Waals surface area contributed by atoms with E-state index >= 15 is 0 Å². The van der Waals surface area contributed by atoms with Gasteiger partial charge >= 0.3 is 5.97 Å². The van der Waals surface area contributed by atoms with Gasteiger partial charge in [0.05, 0.1) is 23.1 Å². The van der Waals surface area contributed by atoms with Crippen LogP contribution in [0.3, 0.4) is 0 Å². The van der Waals surface area contributed by atoms with Gasteiger partial charge in [-0.3, -0.25) is 4.98 Å². The van der Waals surface area contributed by atoms with Crippen molar-refractivity contribution in [3.8, 4) is 11.4 Å². The fourth-order valence-corrected chi connectivity index (χ4v) is 3.33. The highest BCUT2D eigenvalue weighted by atomic mass is 16.4. The second-order valence-electron chi connectivity index (χ2n) is 7.04. The molecule has 0 aromatic carbocycles. The first-order chi connectivity index (χ1) is 12.5. The fourth-order valence-electron chi connectivity index (χ4n) is 3.33. The fraction of sp³-hybridized carbons (Fsp3) is 0.474. The number of carbonyl (C=O) groups is 1. The number of rotatable bonds is 5. The van der Waals surface area contributed by atoms with E-state index in [9.17, 15) is 9.90 Å². The summed E-state index contributed by atoms with van der Waals surface area (Å²) in [5, 5.41) is 19.4. The van der Waals surface area contributed by atoms with Crippen LogP contribution < -0.4 is 4.90 Å². The Kier molecular flexibility index (Phi) is 5.46. The van der Waals surface area contributed by atoms with Gasteiger partial charge in [-0.2, -0.15) is 0 Å². The summed E-state index contributed by atoms with van der Waals surface area (Å²) in [4.78, 5) is 26.4. The highest BCUT2D eigenvalue weighted by Crippen LogP contribution is 2.27. The minimum atomic E-state index is -0.992. The molecule has 2 aromatic heterocycles. The maximum atomic E-state index is 11.1. The summed E-state index contributed by atoms with van der Waals surface area (Å²) in [6, 6.07) is 4.70. The van der Waals surface area contributed by atoms with Crippen LogP contribution in [0.2, 0.25) is 0 Å². The molecule has 3 rings (SSSR count). The number of aromatic nitrogens is 3. The minimum absolute atomic E-state index is 0.179. The first kappa shape index (κ1) is 18.3. The summed E-state index contributed by atoms with van der Waals surface area (Å²) in [7, 11) is 0. The number of hydrogen-bond donors (Lipinski definition) is 2. The number of aliphatic hydroxyl groups is 1. The third kappa shape index (κ3) is 3.99. The molecule has 2 aromatic rings. The third-order valence-electron chi connectivity index (χ3n) is 4.90. The summed E-state index contributed by atoms with van der Waals surface area (Å²) in [6.45, 7) is 5.67. The molecule has 1 saturated heterocycles. The minimum Gasteiger partial charge on any atom is -0.478 e. The van der Waals surface area contributed by atoms with E-state index in [2.05, 4.69) is 19.9 Å². The quantitative estimate of drug-likeness (QED) is 0.849. The Morgan fingerprint density at radius 1 is 1.15 bits per heavy atom. The van der Waals surface area contributed by atoms with E-state index in [1.807, 2.05) is 13.8 Å². The smallest absolute Gasteiger partial charge is 0.335 e. The Balaban J connectivity index is 1.74. The van der Waals surface area contributed by atoms with Crippen LogP contribution in [0.4, 0.5) is 5.95 Å². The maximum absolute atomic E-state index is 11.1. The number of anilines is 1. The predicted molar refractivity (Wildman–Crippen MR) is 98.0 cm³/mol. The monoisotopic (exact) mass is 356 g/mol. The van der Waals surface area contributed by atoms with Gasteiger partial charge in [-0.25, -0.2) is 14.8 Å². The predicted octanol–water partition coefficient (Wildman–Crippen LogP) is 2.47. The van der Waals surface area contributed by atoms with Crippen LogP contribution in [-0.4, -0.2) is 50.3 Å². The van der Waals surface area contributed by atoms with E-state index in [1.54, 1.807) is 12.3 Å². The molecule has 1 fully saturated rings. The molecular formula is C19H24N4O3. The Hall–Kier alpha value is -2.54. The molecule has 0 spiro atoms. The highest BCUT2D eigenvalue weighted by molar-refractivity contribution is 5.88. The van der Waals surface area contributed by atoms with E-state index in [0.717, 1.165) is 25.9 Å². The summed E-state index contributed by atoms with van der Waals surface area (Å²) in [5.41, 5.74) is 1.29. The van der Waals surface area contributed by atoms with Gasteiger partial charge in [0.15, 0.2) is 0 Å². The van der Waals surface area contributed by atoms with E-state index < -0.39 is 5.97 Å². The van der Waals surface area contributed by atoms with Crippen molar-refractivity contribution in [2.45, 2.75) is 32.8 Å². The number of aliphatic hydroxyl groups excluding tert-OH is 1. The second-order valence-corrected chi connectivity index (χ2v) is 7.04. The summed E-state index contributed by atoms with van der Waals surface area (Å²) < 4.78 is 0. The van der Waals surface area contributed by atoms with E-state index in [1.165, 1.54) is 18.3 Å². The topological polar surface area (TPSA) is 99.4 Å². The van der Waals surface area contributed by atoms with Crippen molar-refractivity contribution in [2.75, 3.05) is 18.0 Å². The number of hydrogen-bond acceptors (Lipinski definition) is 6. The molecule has 0 saturated carbocycles. The van der Waals surface area contributed by atoms with Crippen LogP contribution in [0, 0.1) is 11.8 Å². The Labute approximate surface area is 152 Å². The van der Waals surface area contributed by atoms with Gasteiger partial charge in [0.1, 0.15) is 0 Å². The Morgan fingerprint density at radius 2 is 1.85 bits per heavy atom. The normalized spacial score (nSPS) is 16.7. The lowest BCUT2D eigenvalue weighted by atomic mass is 9.86. The van der Waals surface area contributed by atoms with Crippen LogP contribution in [0.15, 0.2) is 30.6 Å². The Bertz CT molecular complexity index is 773. The van der Waals surface area contributed by atoms with Gasteiger partial charge in [-0.15, -0.1) is 0 Å². The van der Waals surface area contributed by atoms with Crippen molar-refractivity contribution in [1.82, 2.24) is 15.0 Å². The first-order valence-corrected chi connectivity index (χ1v) is 8.91. The van der Waals surface area contributed by atoms with E-state index in [4.69, 9.17) is 5.11 Å². The number of piperidine rings is 1. The van der Waals surface area contributed by atoms with Crippen molar-refractivity contribution in [3.63, 3.8) is 0 Å². The zero-order chi connectivity index (χ0) is 18.7. The van der Waals surface area contributed by atoms with Crippen LogP contribution in [-0.2, 0) is 0 Å². The number of nitrogens with zero attached hydrogens (tertiary/aromatic N) is 4. The van der Waals surface area contributed by atoms with E-state index in [-0.39, 0.29) is 17.6 Å². The largest absolute Gasteiger partial charge is 0.478 e. The first-order valence-electron chi connectivity index (χ1n) is 8.91. The molecule has 2 N–H and O–H groups in total. The van der Waals surface area contributed by atoms with Crippen molar-refractivity contribution in [1.29, 1.82) is 0 Å². The van der Waals surface area contributed by atoms with Crippen LogP contribution >= 0.6 is 0 Å². The van der Waals surface area contributed by atoms with Crippen molar-refractivity contribution in [2.24, 2.45) is 11.8 Å². The van der Waals surface area contributed by atoms with Crippen LogP contribution in [0.5, 0.6) is 0 Å². The van der Waals surface area contributed by atoms with Crippen LogP contribution in [0.1, 0.15) is 37.0 Å². The number of carboxylic acids is 1. The van der Waals surface area contributed by atoms with Gasteiger partial charge in [-0.05, 0) is 42.9 Å². The molecule has 0 amide bonds. The molecular weight excluding hydrogens is 332 g/mol. The number of carboxylic acid groups (broad SMARTS) is 1. The van der Waals surface area contributed by atoms with Gasteiger partial charge in [-0.1, -0.05) is 13.8 Å². The van der Waals surface area contributed by atoms with Gasteiger partial charge < -0.3 is 15.1 Å². The zero-order valence-electron chi connectivity index (χ0n) is 15.0. The summed E-state index contributed by atoms with van der Waals surface area (Å²) in [5.74, 6) is 0.193. The highest BCUT2D eigenvalue weighted by Gasteiger charge is 2.28. The molecule has 0 aliphatic carbocycles. The molecule has 138 valence electrons.